The van der Waals surface area contributed by atoms with E-state index in [1.165, 1.54) is 6.07 Å². The molecule has 2 unspecified atom stereocenters. The monoisotopic (exact) mass is 550 g/mol. The summed E-state index contributed by atoms with van der Waals surface area (Å²) in [6, 6.07) is 11.0. The average molecular weight is 551 g/mol. The molecule has 1 heterocycles. The van der Waals surface area contributed by atoms with Crippen LogP contribution in [-0.4, -0.2) is 59.5 Å². The van der Waals surface area contributed by atoms with Crippen molar-refractivity contribution in [3.05, 3.63) is 76.9 Å². The van der Waals surface area contributed by atoms with Gasteiger partial charge in [0.15, 0.2) is 0 Å². The van der Waals surface area contributed by atoms with E-state index in [4.69, 9.17) is 14.4 Å². The molecule has 212 valence electrons. The molecule has 0 aliphatic carbocycles. The molecule has 11 heteroatoms. The van der Waals surface area contributed by atoms with Gasteiger partial charge in [-0.25, -0.2) is 9.59 Å². The minimum Gasteiger partial charge on any atom is -0.492 e. The van der Waals surface area contributed by atoms with E-state index in [9.17, 15) is 27.9 Å². The van der Waals surface area contributed by atoms with Crippen LogP contribution in [0.2, 0.25) is 0 Å². The molecule has 0 saturated heterocycles. The SMILES string of the molecule is CCN(CC)CCOc1ccc(CC(C)N2OC(=O)C=C(CC(O)c3cccc(C(F)(F)F)c3)C(=O)O2)cc1. The molecule has 1 aliphatic heterocycles. The van der Waals surface area contributed by atoms with Crippen molar-refractivity contribution in [2.24, 2.45) is 0 Å². The lowest BCUT2D eigenvalue weighted by Gasteiger charge is -2.23. The molecular weight excluding hydrogens is 517 g/mol. The summed E-state index contributed by atoms with van der Waals surface area (Å²) in [5.74, 6) is -1.13. The van der Waals surface area contributed by atoms with Crippen LogP contribution in [-0.2, 0) is 31.9 Å². The first-order valence-electron chi connectivity index (χ1n) is 12.7. The number of hydrogen-bond acceptors (Lipinski definition) is 8. The molecule has 0 bridgehead atoms. The highest BCUT2D eigenvalue weighted by molar-refractivity contribution is 5.97. The molecule has 0 radical (unpaired) electrons. The van der Waals surface area contributed by atoms with Crippen molar-refractivity contribution < 1.29 is 42.3 Å². The quantitative estimate of drug-likeness (QED) is 0.409. The second-order valence-electron chi connectivity index (χ2n) is 9.16. The molecule has 2 aromatic carbocycles. The molecular formula is C28H33F3N2O6. The number of carbonyl (C=O) groups is 2. The topological polar surface area (TPSA) is 88.5 Å². The lowest BCUT2D eigenvalue weighted by molar-refractivity contribution is -0.335. The number of aliphatic hydroxyl groups is 1. The number of aliphatic hydroxyl groups excluding tert-OH is 1. The van der Waals surface area contributed by atoms with Gasteiger partial charge in [0, 0.05) is 29.8 Å². The van der Waals surface area contributed by atoms with Crippen LogP contribution in [0.25, 0.3) is 0 Å². The molecule has 1 aliphatic rings. The summed E-state index contributed by atoms with van der Waals surface area (Å²) in [5, 5.41) is 11.3. The van der Waals surface area contributed by atoms with Crippen molar-refractivity contribution in [2.75, 3.05) is 26.2 Å². The summed E-state index contributed by atoms with van der Waals surface area (Å²) in [7, 11) is 0. The summed E-state index contributed by atoms with van der Waals surface area (Å²) >= 11 is 0. The molecule has 3 rings (SSSR count). The highest BCUT2D eigenvalue weighted by Crippen LogP contribution is 2.32. The van der Waals surface area contributed by atoms with Gasteiger partial charge < -0.3 is 24.4 Å². The van der Waals surface area contributed by atoms with Crippen LogP contribution in [0, 0.1) is 0 Å². The Labute approximate surface area is 225 Å². The fraction of sp³-hybridized carbons (Fsp3) is 0.429. The van der Waals surface area contributed by atoms with E-state index in [-0.39, 0.29) is 11.1 Å². The molecule has 0 amide bonds. The first kappa shape index (κ1) is 30.1. The standard InChI is InChI=1S/C28H33F3N2O6/c1-4-32(5-2)13-14-37-24-11-9-20(10-12-24)15-19(3)33-38-26(35)18-22(27(36)39-33)17-25(34)21-7-6-8-23(16-21)28(29,30)31/h6-12,16,18-19,25,34H,4-5,13-15,17H2,1-3H3. The van der Waals surface area contributed by atoms with E-state index in [1.807, 2.05) is 24.3 Å². The summed E-state index contributed by atoms with van der Waals surface area (Å²) < 4.78 is 44.8. The van der Waals surface area contributed by atoms with Crippen LogP contribution in [0.4, 0.5) is 13.2 Å². The number of hydrogen-bond donors (Lipinski definition) is 1. The highest BCUT2D eigenvalue weighted by atomic mass is 19.4. The molecule has 1 N–H and O–H groups in total. The smallest absolute Gasteiger partial charge is 0.416 e. The van der Waals surface area contributed by atoms with E-state index in [1.54, 1.807) is 6.92 Å². The molecule has 2 atom stereocenters. The number of likely N-dealkylation sites (N-methyl/N-ethyl adjacent to an activating group) is 1. The van der Waals surface area contributed by atoms with Gasteiger partial charge in [0.25, 0.3) is 0 Å². The van der Waals surface area contributed by atoms with E-state index in [0.29, 0.717) is 13.0 Å². The number of hydroxylamine groups is 2. The van der Waals surface area contributed by atoms with Gasteiger partial charge >= 0.3 is 18.1 Å². The summed E-state index contributed by atoms with van der Waals surface area (Å²) in [5.41, 5.74) is -0.342. The fourth-order valence-electron chi connectivity index (χ4n) is 4.02. The predicted octanol–water partition coefficient (Wildman–Crippen LogP) is 4.64. The average Bonchev–Trinajstić information content (AvgIpc) is 3.04. The molecule has 0 saturated carbocycles. The van der Waals surface area contributed by atoms with Gasteiger partial charge in [-0.05, 0) is 61.8 Å². The first-order chi connectivity index (χ1) is 18.5. The largest absolute Gasteiger partial charge is 0.492 e. The van der Waals surface area contributed by atoms with Gasteiger partial charge in [-0.1, -0.05) is 38.1 Å². The molecule has 8 nitrogen and oxygen atoms in total. The van der Waals surface area contributed by atoms with E-state index >= 15 is 0 Å². The van der Waals surface area contributed by atoms with E-state index in [2.05, 4.69) is 18.7 Å². The first-order valence-corrected chi connectivity index (χ1v) is 12.7. The third-order valence-corrected chi connectivity index (χ3v) is 6.30. The van der Waals surface area contributed by atoms with Crippen molar-refractivity contribution in [2.45, 2.75) is 51.9 Å². The van der Waals surface area contributed by atoms with E-state index < -0.39 is 42.2 Å². The van der Waals surface area contributed by atoms with Gasteiger partial charge in [0.2, 0.25) is 0 Å². The number of alkyl halides is 3. The zero-order valence-electron chi connectivity index (χ0n) is 22.1. The second-order valence-corrected chi connectivity index (χ2v) is 9.16. The maximum atomic E-state index is 13.0. The van der Waals surface area contributed by atoms with Crippen molar-refractivity contribution in [3.63, 3.8) is 0 Å². The third kappa shape index (κ3) is 8.81. The molecule has 0 spiro atoms. The van der Waals surface area contributed by atoms with Gasteiger partial charge in [0.05, 0.1) is 17.7 Å². The zero-order valence-corrected chi connectivity index (χ0v) is 22.1. The third-order valence-electron chi connectivity index (χ3n) is 6.30. The van der Waals surface area contributed by atoms with Gasteiger partial charge in [-0.2, -0.15) is 13.2 Å². The lowest BCUT2D eigenvalue weighted by atomic mass is 9.99. The Morgan fingerprint density at radius 1 is 1.03 bits per heavy atom. The summed E-state index contributed by atoms with van der Waals surface area (Å²) in [6.45, 7) is 9.18. The molecule has 0 aromatic heterocycles. The summed E-state index contributed by atoms with van der Waals surface area (Å²) in [6.07, 6.45) is -5.27. The Morgan fingerprint density at radius 3 is 2.36 bits per heavy atom. The molecule has 39 heavy (non-hydrogen) atoms. The molecule has 0 fully saturated rings. The summed E-state index contributed by atoms with van der Waals surface area (Å²) in [4.78, 5) is 37.6. The van der Waals surface area contributed by atoms with Crippen LogP contribution in [0.1, 0.15) is 50.0 Å². The van der Waals surface area contributed by atoms with Crippen LogP contribution in [0.3, 0.4) is 0 Å². The number of ether oxygens (including phenoxy) is 1. The maximum Gasteiger partial charge on any atom is 0.416 e. The Morgan fingerprint density at radius 2 is 1.72 bits per heavy atom. The number of rotatable bonds is 12. The van der Waals surface area contributed by atoms with Crippen molar-refractivity contribution in [1.82, 2.24) is 10.1 Å². The maximum absolute atomic E-state index is 13.0. The minimum absolute atomic E-state index is 0.0538. The van der Waals surface area contributed by atoms with Gasteiger partial charge in [0.1, 0.15) is 12.4 Å². The van der Waals surface area contributed by atoms with Crippen LogP contribution in [0.5, 0.6) is 5.75 Å². The Balaban J connectivity index is 1.57. The van der Waals surface area contributed by atoms with Crippen molar-refractivity contribution in [3.8, 4) is 5.75 Å². The van der Waals surface area contributed by atoms with Crippen molar-refractivity contribution >= 4 is 11.9 Å². The number of benzene rings is 2. The van der Waals surface area contributed by atoms with E-state index in [0.717, 1.165) is 60.4 Å². The minimum atomic E-state index is -4.59. The van der Waals surface area contributed by atoms with Crippen LogP contribution < -0.4 is 4.74 Å². The number of carbonyl (C=O) groups excluding carboxylic acids is 2. The Bertz CT molecular complexity index is 1150. The number of nitrogens with zero attached hydrogens (tertiary/aromatic N) is 2. The number of halogens is 3. The second kappa shape index (κ2) is 13.6. The van der Waals surface area contributed by atoms with Gasteiger partial charge in [-0.15, -0.1) is 0 Å². The van der Waals surface area contributed by atoms with Gasteiger partial charge in [-0.3, -0.25) is 0 Å². The van der Waals surface area contributed by atoms with Crippen LogP contribution in [0.15, 0.2) is 60.2 Å². The predicted molar refractivity (Wildman–Crippen MR) is 136 cm³/mol. The highest BCUT2D eigenvalue weighted by Gasteiger charge is 2.33. The Hall–Kier alpha value is -3.41. The fourth-order valence-corrected chi connectivity index (χ4v) is 4.02. The molecule has 2 aromatic rings. The lowest BCUT2D eigenvalue weighted by Crippen LogP contribution is -2.37. The zero-order chi connectivity index (χ0) is 28.6. The van der Waals surface area contributed by atoms with Crippen molar-refractivity contribution in [1.29, 1.82) is 0 Å². The van der Waals surface area contributed by atoms with Crippen LogP contribution >= 0.6 is 0 Å². The Kier molecular flexibility index (Phi) is 10.5. The normalized spacial score (nSPS) is 16.3.